The number of imidazole rings is 1. The van der Waals surface area contributed by atoms with E-state index in [0.29, 0.717) is 44.1 Å². The second kappa shape index (κ2) is 7.09. The third-order valence-electron chi connectivity index (χ3n) is 4.89. The summed E-state index contributed by atoms with van der Waals surface area (Å²) in [5, 5.41) is 0. The molecule has 1 aromatic carbocycles. The van der Waals surface area contributed by atoms with Crippen LogP contribution in [0.15, 0.2) is 24.5 Å². The van der Waals surface area contributed by atoms with E-state index < -0.39 is 0 Å². The maximum atomic E-state index is 5.48. The van der Waals surface area contributed by atoms with Crippen molar-refractivity contribution in [3.63, 3.8) is 0 Å². The first kappa shape index (κ1) is 16.4. The Kier molecular flexibility index (Phi) is 4.30. The number of rotatable bonds is 3. The summed E-state index contributed by atoms with van der Waals surface area (Å²) in [5.74, 6) is 2.03. The highest BCUT2D eigenvalue weighted by molar-refractivity contribution is 5.89. The predicted octanol–water partition coefficient (Wildman–Crippen LogP) is 1.09. The summed E-state index contributed by atoms with van der Waals surface area (Å²) in [6.07, 6.45) is 1.70. The molecule has 0 amide bonds. The Bertz CT molecular complexity index is 896. The molecule has 2 aromatic heterocycles. The minimum absolute atomic E-state index is 0.644. The number of morpholine rings is 2. The fourth-order valence-corrected chi connectivity index (χ4v) is 3.43. The molecule has 4 heterocycles. The van der Waals surface area contributed by atoms with Gasteiger partial charge < -0.3 is 24.3 Å². The number of aromatic nitrogens is 5. The van der Waals surface area contributed by atoms with Crippen LogP contribution < -0.4 is 9.80 Å². The first-order chi connectivity index (χ1) is 13.4. The number of fused-ring (bicyclic) bond motifs is 1. The lowest BCUT2D eigenvalue weighted by molar-refractivity contribution is 0.121. The molecule has 2 saturated heterocycles. The zero-order chi connectivity index (χ0) is 18.1. The Balaban J connectivity index is 1.61. The lowest BCUT2D eigenvalue weighted by Gasteiger charge is -2.30. The van der Waals surface area contributed by atoms with Gasteiger partial charge in [-0.25, -0.2) is 4.98 Å². The molecule has 0 atom stereocenters. The molecule has 0 aliphatic carbocycles. The van der Waals surface area contributed by atoms with Gasteiger partial charge in [-0.05, 0) is 12.1 Å². The lowest BCUT2D eigenvalue weighted by atomic mass is 10.1. The second-order valence-corrected chi connectivity index (χ2v) is 6.56. The number of para-hydroxylation sites is 1. The molecule has 0 radical (unpaired) electrons. The van der Waals surface area contributed by atoms with E-state index in [4.69, 9.17) is 24.4 Å². The Morgan fingerprint density at radius 2 is 1.44 bits per heavy atom. The van der Waals surface area contributed by atoms with Gasteiger partial charge in [-0.1, -0.05) is 6.07 Å². The van der Waals surface area contributed by atoms with Crippen LogP contribution in [-0.4, -0.2) is 77.5 Å². The van der Waals surface area contributed by atoms with E-state index >= 15 is 0 Å². The topological polar surface area (TPSA) is 92.3 Å². The van der Waals surface area contributed by atoms with Gasteiger partial charge >= 0.3 is 0 Å². The van der Waals surface area contributed by atoms with Crippen molar-refractivity contribution in [1.29, 1.82) is 0 Å². The second-order valence-electron chi connectivity index (χ2n) is 6.56. The Hall–Kier alpha value is -2.78. The molecule has 1 N–H and O–H groups in total. The highest BCUT2D eigenvalue weighted by Gasteiger charge is 2.22. The normalized spacial score (nSPS) is 18.2. The van der Waals surface area contributed by atoms with Gasteiger partial charge in [0.05, 0.1) is 43.8 Å². The number of nitrogens with one attached hydrogen (secondary N) is 1. The number of ether oxygens (including phenoxy) is 2. The summed E-state index contributed by atoms with van der Waals surface area (Å²) in [6, 6.07) is 5.99. The van der Waals surface area contributed by atoms with E-state index in [1.54, 1.807) is 6.33 Å². The first-order valence-corrected chi connectivity index (χ1v) is 9.22. The Labute approximate surface area is 156 Å². The van der Waals surface area contributed by atoms with Gasteiger partial charge in [-0.2, -0.15) is 15.0 Å². The number of benzene rings is 1. The van der Waals surface area contributed by atoms with Crippen LogP contribution in [0.3, 0.4) is 0 Å². The van der Waals surface area contributed by atoms with Crippen molar-refractivity contribution in [2.75, 3.05) is 62.4 Å². The van der Waals surface area contributed by atoms with Crippen LogP contribution in [-0.2, 0) is 9.47 Å². The molecule has 0 unspecified atom stereocenters. The number of hydrogen-bond acceptors (Lipinski definition) is 8. The molecule has 3 aromatic rings. The van der Waals surface area contributed by atoms with Crippen molar-refractivity contribution in [3.05, 3.63) is 24.5 Å². The van der Waals surface area contributed by atoms with E-state index in [9.17, 15) is 0 Å². The van der Waals surface area contributed by atoms with Crippen molar-refractivity contribution in [1.82, 2.24) is 24.9 Å². The van der Waals surface area contributed by atoms with Crippen LogP contribution in [0.5, 0.6) is 0 Å². The van der Waals surface area contributed by atoms with Gasteiger partial charge in [0, 0.05) is 31.7 Å². The maximum Gasteiger partial charge on any atom is 0.230 e. The molecule has 27 heavy (non-hydrogen) atoms. The van der Waals surface area contributed by atoms with Crippen molar-refractivity contribution in [3.8, 4) is 11.4 Å². The molecule has 9 nitrogen and oxygen atoms in total. The molecule has 0 spiro atoms. The number of aromatic amines is 1. The molecule has 0 saturated carbocycles. The Morgan fingerprint density at radius 1 is 0.815 bits per heavy atom. The molecule has 0 bridgehead atoms. The van der Waals surface area contributed by atoms with Gasteiger partial charge in [-0.15, -0.1) is 0 Å². The summed E-state index contributed by atoms with van der Waals surface area (Å²) < 4.78 is 11.0. The fraction of sp³-hybridized carbons (Fsp3) is 0.444. The van der Waals surface area contributed by atoms with Gasteiger partial charge in [0.1, 0.15) is 0 Å². The number of hydrogen-bond donors (Lipinski definition) is 1. The van der Waals surface area contributed by atoms with Crippen LogP contribution >= 0.6 is 0 Å². The lowest BCUT2D eigenvalue weighted by Crippen LogP contribution is -2.40. The van der Waals surface area contributed by atoms with Gasteiger partial charge in [0.2, 0.25) is 11.9 Å². The fourth-order valence-electron chi connectivity index (χ4n) is 3.43. The number of nitrogens with zero attached hydrogens (tertiary/aromatic N) is 6. The smallest absolute Gasteiger partial charge is 0.230 e. The third-order valence-corrected chi connectivity index (χ3v) is 4.89. The van der Waals surface area contributed by atoms with E-state index in [-0.39, 0.29) is 0 Å². The van der Waals surface area contributed by atoms with Gasteiger partial charge in [0.25, 0.3) is 0 Å². The minimum Gasteiger partial charge on any atom is -0.378 e. The van der Waals surface area contributed by atoms with E-state index in [1.165, 1.54) is 0 Å². The van der Waals surface area contributed by atoms with Crippen molar-refractivity contribution < 1.29 is 9.47 Å². The minimum atomic E-state index is 0.644. The average molecular weight is 367 g/mol. The van der Waals surface area contributed by atoms with Crippen molar-refractivity contribution >= 4 is 22.9 Å². The average Bonchev–Trinajstić information content (AvgIpc) is 3.24. The summed E-state index contributed by atoms with van der Waals surface area (Å²) in [5.41, 5.74) is 2.73. The molecular formula is C18H21N7O2. The first-order valence-electron chi connectivity index (χ1n) is 9.22. The Morgan fingerprint density at radius 3 is 2.07 bits per heavy atom. The third kappa shape index (κ3) is 3.19. The monoisotopic (exact) mass is 367 g/mol. The summed E-state index contributed by atoms with van der Waals surface area (Å²) in [7, 11) is 0. The summed E-state index contributed by atoms with van der Waals surface area (Å²) >= 11 is 0. The molecule has 2 aliphatic heterocycles. The van der Waals surface area contributed by atoms with E-state index in [1.807, 2.05) is 18.2 Å². The zero-order valence-electron chi connectivity index (χ0n) is 15.0. The van der Waals surface area contributed by atoms with Gasteiger partial charge in [-0.3, -0.25) is 0 Å². The summed E-state index contributed by atoms with van der Waals surface area (Å²) in [6.45, 7) is 5.84. The van der Waals surface area contributed by atoms with Crippen LogP contribution in [0.4, 0.5) is 11.9 Å². The molecule has 2 fully saturated rings. The summed E-state index contributed by atoms with van der Waals surface area (Å²) in [4.78, 5) is 26.3. The molecule has 5 rings (SSSR count). The van der Waals surface area contributed by atoms with Crippen LogP contribution in [0.2, 0.25) is 0 Å². The number of anilines is 2. The molecule has 140 valence electrons. The maximum absolute atomic E-state index is 5.48. The van der Waals surface area contributed by atoms with Crippen LogP contribution in [0.1, 0.15) is 0 Å². The van der Waals surface area contributed by atoms with Crippen molar-refractivity contribution in [2.24, 2.45) is 0 Å². The molecule has 2 aliphatic rings. The van der Waals surface area contributed by atoms with Crippen LogP contribution in [0, 0.1) is 0 Å². The molecule has 9 heteroatoms. The number of H-pyrrole nitrogens is 1. The zero-order valence-corrected chi connectivity index (χ0v) is 15.0. The highest BCUT2D eigenvalue weighted by Crippen LogP contribution is 2.27. The van der Waals surface area contributed by atoms with Crippen molar-refractivity contribution in [2.45, 2.75) is 0 Å². The standard InChI is InChI=1S/C18H21N7O2/c1-2-13(15-14(3-1)19-12-20-15)16-21-17(24-4-8-26-9-5-24)23-18(22-16)25-6-10-27-11-7-25/h1-3,12H,4-11H2,(H,19,20). The quantitative estimate of drug-likeness (QED) is 0.735. The largest absolute Gasteiger partial charge is 0.378 e. The van der Waals surface area contributed by atoms with E-state index in [0.717, 1.165) is 42.8 Å². The highest BCUT2D eigenvalue weighted by atomic mass is 16.5. The predicted molar refractivity (Wildman–Crippen MR) is 101 cm³/mol. The SMILES string of the molecule is c1cc(-c2nc(N3CCOCC3)nc(N3CCOCC3)n2)c2nc[nH]c2c1. The van der Waals surface area contributed by atoms with E-state index in [2.05, 4.69) is 19.8 Å². The van der Waals surface area contributed by atoms with Crippen LogP contribution in [0.25, 0.3) is 22.4 Å². The van der Waals surface area contributed by atoms with Gasteiger partial charge in [0.15, 0.2) is 5.82 Å². The molecular weight excluding hydrogens is 346 g/mol.